The Morgan fingerprint density at radius 1 is 1.32 bits per heavy atom. The Labute approximate surface area is 199 Å². The van der Waals surface area contributed by atoms with Crippen LogP contribution in [0.25, 0.3) is 11.3 Å². The van der Waals surface area contributed by atoms with Crippen molar-refractivity contribution in [1.82, 2.24) is 10.3 Å². The Morgan fingerprint density at radius 2 is 2.15 bits per heavy atom. The van der Waals surface area contributed by atoms with E-state index in [4.69, 9.17) is 9.47 Å². The number of carbonyl (C=O) groups is 2. The van der Waals surface area contributed by atoms with E-state index in [0.29, 0.717) is 34.3 Å². The number of halogens is 1. The molecule has 2 N–H and O–H groups in total. The van der Waals surface area contributed by atoms with Crippen molar-refractivity contribution in [1.29, 1.82) is 5.26 Å². The Morgan fingerprint density at radius 3 is 2.91 bits per heavy atom. The number of carbonyl (C=O) groups excluding carboxylic acids is 2. The number of methoxy groups -OCH3 is 1. The SMILES string of the molecule is COc1cc(F)cc(-c2csc(NC(=O)CNC(=O)c3ccc4c(c3)[C@](C)(C#N)COC4)n2)c1. The Kier molecular flexibility index (Phi) is 6.58. The Hall–Kier alpha value is -3.81. The summed E-state index contributed by atoms with van der Waals surface area (Å²) in [5.74, 6) is -0.989. The van der Waals surface area contributed by atoms with E-state index in [1.807, 2.05) is 0 Å². The summed E-state index contributed by atoms with van der Waals surface area (Å²) in [4.78, 5) is 29.2. The highest BCUT2D eigenvalue weighted by molar-refractivity contribution is 7.14. The van der Waals surface area contributed by atoms with E-state index in [1.54, 1.807) is 36.6 Å². The highest BCUT2D eigenvalue weighted by Gasteiger charge is 2.33. The Bertz CT molecular complexity index is 1300. The molecule has 1 aliphatic heterocycles. The normalized spacial score (nSPS) is 16.8. The average molecular weight is 481 g/mol. The Balaban J connectivity index is 1.38. The lowest BCUT2D eigenvalue weighted by Crippen LogP contribution is -2.34. The molecule has 1 aromatic heterocycles. The molecule has 4 rings (SSSR count). The summed E-state index contributed by atoms with van der Waals surface area (Å²) in [6.45, 7) is 2.14. The summed E-state index contributed by atoms with van der Waals surface area (Å²) in [7, 11) is 1.44. The third-order valence-electron chi connectivity index (χ3n) is 5.42. The van der Waals surface area contributed by atoms with Gasteiger partial charge in [0.2, 0.25) is 5.91 Å². The molecule has 0 aliphatic carbocycles. The van der Waals surface area contributed by atoms with Gasteiger partial charge in [-0.15, -0.1) is 11.3 Å². The van der Waals surface area contributed by atoms with Crippen molar-refractivity contribution in [3.63, 3.8) is 0 Å². The first-order valence-corrected chi connectivity index (χ1v) is 11.2. The monoisotopic (exact) mass is 480 g/mol. The van der Waals surface area contributed by atoms with Crippen LogP contribution in [-0.4, -0.2) is 37.1 Å². The van der Waals surface area contributed by atoms with Gasteiger partial charge in [-0.3, -0.25) is 9.59 Å². The highest BCUT2D eigenvalue weighted by Crippen LogP contribution is 2.32. The van der Waals surface area contributed by atoms with Crippen LogP contribution in [0.4, 0.5) is 9.52 Å². The summed E-state index contributed by atoms with van der Waals surface area (Å²) in [6, 6.07) is 11.6. The van der Waals surface area contributed by atoms with Crippen LogP contribution in [0.2, 0.25) is 0 Å². The number of hydrogen-bond donors (Lipinski definition) is 2. The molecule has 0 spiro atoms. The number of nitrogens with zero attached hydrogens (tertiary/aromatic N) is 2. The van der Waals surface area contributed by atoms with Gasteiger partial charge in [-0.2, -0.15) is 5.26 Å². The minimum absolute atomic E-state index is 0.252. The summed E-state index contributed by atoms with van der Waals surface area (Å²) < 4.78 is 24.3. The number of anilines is 1. The largest absolute Gasteiger partial charge is 0.497 e. The van der Waals surface area contributed by atoms with E-state index >= 15 is 0 Å². The van der Waals surface area contributed by atoms with E-state index in [0.717, 1.165) is 11.1 Å². The number of benzene rings is 2. The van der Waals surface area contributed by atoms with Crippen molar-refractivity contribution < 1.29 is 23.5 Å². The van der Waals surface area contributed by atoms with Crippen molar-refractivity contribution in [3.8, 4) is 23.1 Å². The molecule has 1 atom stereocenters. The second-order valence-electron chi connectivity index (χ2n) is 7.96. The van der Waals surface area contributed by atoms with Crippen molar-refractivity contribution in [2.45, 2.75) is 18.9 Å². The van der Waals surface area contributed by atoms with E-state index in [1.165, 1.54) is 30.6 Å². The van der Waals surface area contributed by atoms with Crippen molar-refractivity contribution in [3.05, 3.63) is 64.3 Å². The molecule has 8 nitrogen and oxygen atoms in total. The van der Waals surface area contributed by atoms with Crippen molar-refractivity contribution in [2.75, 3.05) is 25.6 Å². The number of fused-ring (bicyclic) bond motifs is 1. The molecule has 2 amide bonds. The molecule has 2 heterocycles. The molecule has 2 aromatic carbocycles. The molecular formula is C24H21FN4O4S. The lowest BCUT2D eigenvalue weighted by Gasteiger charge is -2.30. The fourth-order valence-corrected chi connectivity index (χ4v) is 4.35. The smallest absolute Gasteiger partial charge is 0.251 e. The molecule has 174 valence electrons. The minimum atomic E-state index is -0.838. The molecule has 1 aliphatic rings. The quantitative estimate of drug-likeness (QED) is 0.557. The van der Waals surface area contributed by atoms with Gasteiger partial charge in [-0.1, -0.05) is 6.07 Å². The molecule has 0 unspecified atom stereocenters. The maximum Gasteiger partial charge on any atom is 0.251 e. The van der Waals surface area contributed by atoms with Crippen LogP contribution < -0.4 is 15.4 Å². The fraction of sp³-hybridized carbons (Fsp3) is 0.250. The molecule has 3 aromatic rings. The zero-order chi connectivity index (χ0) is 24.3. The van der Waals surface area contributed by atoms with Crippen LogP contribution >= 0.6 is 11.3 Å². The number of thiazole rings is 1. The topological polar surface area (TPSA) is 113 Å². The van der Waals surface area contributed by atoms with Gasteiger partial charge >= 0.3 is 0 Å². The van der Waals surface area contributed by atoms with Gasteiger partial charge in [0.25, 0.3) is 5.91 Å². The number of nitriles is 1. The van der Waals surface area contributed by atoms with Crippen LogP contribution in [0.1, 0.15) is 28.4 Å². The van der Waals surface area contributed by atoms with E-state index in [9.17, 15) is 19.2 Å². The van der Waals surface area contributed by atoms with Gasteiger partial charge in [-0.05, 0) is 42.3 Å². The van der Waals surface area contributed by atoms with Gasteiger partial charge in [0.1, 0.15) is 17.0 Å². The van der Waals surface area contributed by atoms with Crippen LogP contribution in [0.5, 0.6) is 5.75 Å². The number of hydrogen-bond acceptors (Lipinski definition) is 7. The van der Waals surface area contributed by atoms with Gasteiger partial charge in [-0.25, -0.2) is 9.37 Å². The predicted molar refractivity (Wildman–Crippen MR) is 124 cm³/mol. The lowest BCUT2D eigenvalue weighted by atomic mass is 9.79. The first kappa shape index (κ1) is 23.4. The van der Waals surface area contributed by atoms with Gasteiger partial charge in [0.05, 0.1) is 38.6 Å². The molecule has 10 heteroatoms. The molecule has 0 radical (unpaired) electrons. The van der Waals surface area contributed by atoms with E-state index in [-0.39, 0.29) is 13.2 Å². The molecule has 34 heavy (non-hydrogen) atoms. The molecule has 0 saturated heterocycles. The van der Waals surface area contributed by atoms with Gasteiger partial charge in [0.15, 0.2) is 5.13 Å². The van der Waals surface area contributed by atoms with Crippen LogP contribution in [0.15, 0.2) is 41.8 Å². The maximum atomic E-state index is 13.8. The predicted octanol–water partition coefficient (Wildman–Crippen LogP) is 3.64. The second-order valence-corrected chi connectivity index (χ2v) is 8.82. The maximum absolute atomic E-state index is 13.8. The summed E-state index contributed by atoms with van der Waals surface area (Å²) in [5, 5.41) is 16.7. The number of amides is 2. The van der Waals surface area contributed by atoms with E-state index in [2.05, 4.69) is 21.7 Å². The zero-order valence-corrected chi connectivity index (χ0v) is 19.3. The number of nitrogens with one attached hydrogen (secondary N) is 2. The van der Waals surface area contributed by atoms with Gasteiger partial charge in [0, 0.05) is 22.6 Å². The zero-order valence-electron chi connectivity index (χ0n) is 18.5. The third-order valence-corrected chi connectivity index (χ3v) is 6.18. The standard InChI is InChI=1S/C24H21FN4O4S/c1-24(12-26)13-33-10-15-4-3-14(7-19(15)24)22(31)27-9-21(30)29-23-28-20(11-34-23)16-5-17(25)8-18(6-16)32-2/h3-8,11H,9-10,13H2,1-2H3,(H,27,31)(H,28,29,30)/t24-/m1/s1. The molecule has 0 saturated carbocycles. The average Bonchev–Trinajstić information content (AvgIpc) is 3.30. The van der Waals surface area contributed by atoms with Crippen LogP contribution in [0.3, 0.4) is 0 Å². The van der Waals surface area contributed by atoms with Crippen LogP contribution in [-0.2, 0) is 21.6 Å². The number of rotatable bonds is 6. The number of ether oxygens (including phenoxy) is 2. The highest BCUT2D eigenvalue weighted by atomic mass is 32.1. The first-order valence-electron chi connectivity index (χ1n) is 10.3. The molecule has 0 bridgehead atoms. The lowest BCUT2D eigenvalue weighted by molar-refractivity contribution is -0.115. The van der Waals surface area contributed by atoms with Crippen LogP contribution in [0, 0.1) is 17.1 Å². The van der Waals surface area contributed by atoms with E-state index < -0.39 is 23.0 Å². The third kappa shape index (κ3) is 4.90. The summed E-state index contributed by atoms with van der Waals surface area (Å²) in [5.41, 5.74) is 2.13. The number of aromatic nitrogens is 1. The second kappa shape index (κ2) is 9.59. The van der Waals surface area contributed by atoms with Crippen molar-refractivity contribution in [2.24, 2.45) is 0 Å². The summed E-state index contributed by atoms with van der Waals surface area (Å²) in [6.07, 6.45) is 0. The summed E-state index contributed by atoms with van der Waals surface area (Å²) >= 11 is 1.18. The minimum Gasteiger partial charge on any atom is -0.497 e. The molecule has 0 fully saturated rings. The first-order chi connectivity index (χ1) is 16.3. The van der Waals surface area contributed by atoms with Crippen molar-refractivity contribution >= 4 is 28.3 Å². The molecular weight excluding hydrogens is 459 g/mol. The fourth-order valence-electron chi connectivity index (χ4n) is 3.61. The van der Waals surface area contributed by atoms with Gasteiger partial charge < -0.3 is 20.1 Å².